The Balaban J connectivity index is 4.07. The molecule has 0 aromatic rings. The lowest BCUT2D eigenvalue weighted by molar-refractivity contribution is -0.132. The number of aliphatic hydroxyl groups is 4. The molecule has 0 radical (unpaired) electrons. The molecule has 0 saturated carbocycles. The van der Waals surface area contributed by atoms with Crippen LogP contribution in [0.1, 0.15) is 136 Å². The highest BCUT2D eigenvalue weighted by atomic mass is 16.3. The van der Waals surface area contributed by atoms with Crippen LogP contribution < -0.4 is 5.32 Å². The largest absolute Gasteiger partial charge is 0.394 e. The summed E-state index contributed by atoms with van der Waals surface area (Å²) >= 11 is 0. The topological polar surface area (TPSA) is 110 Å². The highest BCUT2D eigenvalue weighted by molar-refractivity contribution is 5.81. The summed E-state index contributed by atoms with van der Waals surface area (Å²) in [4.78, 5) is 12.3. The SMILES string of the molecule is CCCCCCCC/C=C\C/C=C\CC(O)C(=O)NC(CO)C(O)C(O)CCC/C=C/CCCCCCCC. The molecule has 228 valence electrons. The number of allylic oxidation sites excluding steroid dienone is 5. The number of rotatable bonds is 27. The first kappa shape index (κ1) is 37.5. The minimum Gasteiger partial charge on any atom is -0.394 e. The van der Waals surface area contributed by atoms with Gasteiger partial charge in [0, 0.05) is 6.42 Å². The summed E-state index contributed by atoms with van der Waals surface area (Å²) in [5.41, 5.74) is 0. The van der Waals surface area contributed by atoms with Crippen LogP contribution in [-0.2, 0) is 4.79 Å². The molecule has 0 aromatic heterocycles. The van der Waals surface area contributed by atoms with Crippen molar-refractivity contribution in [3.05, 3.63) is 36.5 Å². The molecular weight excluding hydrogens is 490 g/mol. The second-order valence-electron chi connectivity index (χ2n) is 10.8. The Labute approximate surface area is 239 Å². The third-order valence-corrected chi connectivity index (χ3v) is 7.08. The Morgan fingerprint density at radius 1 is 0.667 bits per heavy atom. The van der Waals surface area contributed by atoms with E-state index in [1.165, 1.54) is 77.0 Å². The second kappa shape index (κ2) is 28.1. The van der Waals surface area contributed by atoms with Gasteiger partial charge in [0.2, 0.25) is 5.91 Å². The van der Waals surface area contributed by atoms with Crippen molar-refractivity contribution in [3.63, 3.8) is 0 Å². The van der Waals surface area contributed by atoms with Crippen LogP contribution in [0.5, 0.6) is 0 Å². The van der Waals surface area contributed by atoms with Crippen LogP contribution in [0.2, 0.25) is 0 Å². The van der Waals surface area contributed by atoms with Gasteiger partial charge in [0.1, 0.15) is 12.2 Å². The van der Waals surface area contributed by atoms with Crippen molar-refractivity contribution in [1.82, 2.24) is 5.32 Å². The summed E-state index contributed by atoms with van der Waals surface area (Å²) in [6.45, 7) is 3.93. The molecule has 0 aliphatic carbocycles. The first-order valence-corrected chi connectivity index (χ1v) is 15.9. The fourth-order valence-corrected chi connectivity index (χ4v) is 4.44. The first-order valence-electron chi connectivity index (χ1n) is 15.9. The molecule has 0 heterocycles. The van der Waals surface area contributed by atoms with Crippen LogP contribution in [0, 0.1) is 0 Å². The molecule has 0 fully saturated rings. The van der Waals surface area contributed by atoms with Crippen molar-refractivity contribution in [2.75, 3.05) is 6.61 Å². The molecule has 0 aromatic carbocycles. The predicted molar refractivity (Wildman–Crippen MR) is 164 cm³/mol. The minimum atomic E-state index is -1.30. The third kappa shape index (κ3) is 23.0. The van der Waals surface area contributed by atoms with E-state index in [0.29, 0.717) is 12.8 Å². The number of hydrogen-bond donors (Lipinski definition) is 5. The number of amides is 1. The van der Waals surface area contributed by atoms with E-state index in [0.717, 1.165) is 25.7 Å². The monoisotopic (exact) mass is 551 g/mol. The summed E-state index contributed by atoms with van der Waals surface area (Å²) in [6.07, 6.45) is 29.0. The van der Waals surface area contributed by atoms with Crippen molar-refractivity contribution in [2.24, 2.45) is 0 Å². The maximum atomic E-state index is 12.3. The van der Waals surface area contributed by atoms with E-state index in [-0.39, 0.29) is 6.42 Å². The predicted octanol–water partition coefficient (Wildman–Crippen LogP) is 6.67. The highest BCUT2D eigenvalue weighted by Gasteiger charge is 2.28. The van der Waals surface area contributed by atoms with Crippen LogP contribution in [0.25, 0.3) is 0 Å². The zero-order valence-corrected chi connectivity index (χ0v) is 25.1. The van der Waals surface area contributed by atoms with Gasteiger partial charge in [-0.25, -0.2) is 0 Å². The van der Waals surface area contributed by atoms with Crippen LogP contribution in [-0.4, -0.2) is 57.3 Å². The van der Waals surface area contributed by atoms with Crippen LogP contribution in [0.4, 0.5) is 0 Å². The Hall–Kier alpha value is -1.47. The number of hydrogen-bond acceptors (Lipinski definition) is 5. The quantitative estimate of drug-likeness (QED) is 0.0579. The average Bonchev–Trinajstić information content (AvgIpc) is 2.94. The van der Waals surface area contributed by atoms with Gasteiger partial charge in [-0.05, 0) is 51.4 Å². The molecule has 0 aliphatic rings. The van der Waals surface area contributed by atoms with Crippen molar-refractivity contribution in [2.45, 2.75) is 160 Å². The molecule has 0 bridgehead atoms. The van der Waals surface area contributed by atoms with Gasteiger partial charge in [0.25, 0.3) is 0 Å². The Morgan fingerprint density at radius 3 is 1.72 bits per heavy atom. The van der Waals surface area contributed by atoms with Crippen molar-refractivity contribution in [3.8, 4) is 0 Å². The zero-order chi connectivity index (χ0) is 29.0. The molecule has 4 atom stereocenters. The van der Waals surface area contributed by atoms with E-state index < -0.39 is 36.9 Å². The Morgan fingerprint density at radius 2 is 1.15 bits per heavy atom. The number of carbonyl (C=O) groups is 1. The normalized spacial score (nSPS) is 15.3. The van der Waals surface area contributed by atoms with Crippen LogP contribution in [0.15, 0.2) is 36.5 Å². The number of aliphatic hydroxyl groups excluding tert-OH is 4. The van der Waals surface area contributed by atoms with E-state index in [1.54, 1.807) is 6.08 Å². The molecule has 39 heavy (non-hydrogen) atoms. The number of carbonyl (C=O) groups excluding carboxylic acids is 1. The van der Waals surface area contributed by atoms with Gasteiger partial charge >= 0.3 is 0 Å². The Bertz CT molecular complexity index is 634. The lowest BCUT2D eigenvalue weighted by Crippen LogP contribution is -2.52. The van der Waals surface area contributed by atoms with Gasteiger partial charge in [-0.2, -0.15) is 0 Å². The summed E-state index contributed by atoms with van der Waals surface area (Å²) in [5, 5.41) is 43.0. The van der Waals surface area contributed by atoms with E-state index in [2.05, 4.69) is 43.5 Å². The fraction of sp³-hybridized carbons (Fsp3) is 0.788. The first-order chi connectivity index (χ1) is 19.0. The molecule has 0 saturated heterocycles. The molecule has 6 heteroatoms. The van der Waals surface area contributed by atoms with Gasteiger partial charge in [0.15, 0.2) is 0 Å². The van der Waals surface area contributed by atoms with E-state index >= 15 is 0 Å². The number of nitrogens with one attached hydrogen (secondary N) is 1. The molecular formula is C33H61NO5. The highest BCUT2D eigenvalue weighted by Crippen LogP contribution is 2.12. The molecule has 6 nitrogen and oxygen atoms in total. The van der Waals surface area contributed by atoms with Crippen molar-refractivity contribution in [1.29, 1.82) is 0 Å². The summed E-state index contributed by atoms with van der Waals surface area (Å²) in [7, 11) is 0. The van der Waals surface area contributed by atoms with Crippen molar-refractivity contribution < 1.29 is 25.2 Å². The Kier molecular flexibility index (Phi) is 27.0. The minimum absolute atomic E-state index is 0.152. The van der Waals surface area contributed by atoms with Gasteiger partial charge in [0.05, 0.1) is 18.8 Å². The van der Waals surface area contributed by atoms with E-state index in [9.17, 15) is 25.2 Å². The van der Waals surface area contributed by atoms with Crippen LogP contribution >= 0.6 is 0 Å². The summed E-state index contributed by atoms with van der Waals surface area (Å²) in [6, 6.07) is -1.03. The molecule has 0 aliphatic heterocycles. The maximum Gasteiger partial charge on any atom is 0.249 e. The summed E-state index contributed by atoms with van der Waals surface area (Å²) in [5.74, 6) is -0.666. The molecule has 0 spiro atoms. The lowest BCUT2D eigenvalue weighted by atomic mass is 10.0. The third-order valence-electron chi connectivity index (χ3n) is 7.08. The number of unbranched alkanes of at least 4 members (excludes halogenated alkanes) is 13. The van der Waals surface area contributed by atoms with Gasteiger partial charge in [-0.1, -0.05) is 115 Å². The lowest BCUT2D eigenvalue weighted by Gasteiger charge is -2.27. The standard InChI is InChI=1S/C33H61NO5/c1-3-5-7-9-11-13-15-17-19-21-23-25-27-31(37)33(39)34-29(28-35)32(38)30(36)26-24-22-20-18-16-14-12-10-8-6-4-2/h17-20,23,25,29-32,35-38H,3-16,21-22,24,26-28H2,1-2H3,(H,34,39)/b19-17-,20-18+,25-23-. The van der Waals surface area contributed by atoms with Crippen molar-refractivity contribution >= 4 is 5.91 Å². The van der Waals surface area contributed by atoms with Gasteiger partial charge in [-0.15, -0.1) is 0 Å². The molecule has 5 N–H and O–H groups in total. The smallest absolute Gasteiger partial charge is 0.249 e. The fourth-order valence-electron chi connectivity index (χ4n) is 4.44. The molecule has 0 rings (SSSR count). The second-order valence-corrected chi connectivity index (χ2v) is 10.8. The average molecular weight is 552 g/mol. The van der Waals surface area contributed by atoms with E-state index in [4.69, 9.17) is 0 Å². The van der Waals surface area contributed by atoms with Crippen LogP contribution in [0.3, 0.4) is 0 Å². The maximum absolute atomic E-state index is 12.3. The van der Waals surface area contributed by atoms with E-state index in [1.807, 2.05) is 6.08 Å². The molecule has 1 amide bonds. The van der Waals surface area contributed by atoms with Gasteiger partial charge in [-0.3, -0.25) is 4.79 Å². The van der Waals surface area contributed by atoms with Gasteiger partial charge < -0.3 is 25.7 Å². The summed E-state index contributed by atoms with van der Waals surface area (Å²) < 4.78 is 0. The zero-order valence-electron chi connectivity index (χ0n) is 25.1. The molecule has 4 unspecified atom stereocenters.